The average molecular weight is 655 g/mol. The van der Waals surface area contributed by atoms with E-state index in [2.05, 4.69) is 16.0 Å². The van der Waals surface area contributed by atoms with E-state index in [0.29, 0.717) is 42.7 Å². The molecule has 1 aromatic carbocycles. The molecule has 0 saturated carbocycles. The number of carbonyl (C=O) groups excluding carboxylic acids is 3. The molecule has 0 radical (unpaired) electrons. The van der Waals surface area contributed by atoms with Gasteiger partial charge < -0.3 is 31.1 Å². The highest BCUT2D eigenvalue weighted by Gasteiger charge is 2.36. The molecule has 244 valence electrons. The van der Waals surface area contributed by atoms with Gasteiger partial charge in [0.1, 0.15) is 0 Å². The molecule has 0 aliphatic carbocycles. The highest BCUT2D eigenvalue weighted by molar-refractivity contribution is 7.08. The first-order chi connectivity index (χ1) is 21.8. The number of fused-ring (bicyclic) bond motifs is 1. The van der Waals surface area contributed by atoms with Gasteiger partial charge in [-0.2, -0.15) is 0 Å². The van der Waals surface area contributed by atoms with Gasteiger partial charge in [0.15, 0.2) is 0 Å². The number of aryl methyl sites for hydroxylation is 1. The standard InChI is InChI=1S/C34H47ClN6O3S/c1-22-16-23(18-29(35)32(22)36)17-27(33(43)40-11-4-25(5-12-40)24-2-9-37-10-3-24)19-31(42)39-13-7-28(8-14-39)41-15-6-26-20-45-21-30(26)38-34(41)44/h16,18,20-21,24-25,27-28,37H,2-15,17,19,36H2,1H3,(H,38,44)/t27-/m0/s1. The molecule has 9 nitrogen and oxygen atoms in total. The van der Waals surface area contributed by atoms with E-state index in [9.17, 15) is 14.4 Å². The maximum absolute atomic E-state index is 14.1. The van der Waals surface area contributed by atoms with Gasteiger partial charge in [0.2, 0.25) is 11.8 Å². The summed E-state index contributed by atoms with van der Waals surface area (Å²) in [4.78, 5) is 46.7. The van der Waals surface area contributed by atoms with Crippen LogP contribution in [0.2, 0.25) is 5.02 Å². The molecule has 3 fully saturated rings. The number of amides is 4. The number of benzene rings is 1. The quantitative estimate of drug-likeness (QED) is 0.357. The van der Waals surface area contributed by atoms with Crippen molar-refractivity contribution in [3.63, 3.8) is 0 Å². The highest BCUT2D eigenvalue weighted by atomic mass is 35.5. The van der Waals surface area contributed by atoms with Gasteiger partial charge in [0.05, 0.1) is 22.3 Å². The summed E-state index contributed by atoms with van der Waals surface area (Å²) in [6, 6.07) is 3.88. The SMILES string of the molecule is Cc1cc(C[C@@H](CC(=O)N2CCC(N3CCc4cscc4NC3=O)CC2)C(=O)N2CCC(C3CCNCC3)CC2)cc(Cl)c1N. The maximum Gasteiger partial charge on any atom is 0.322 e. The van der Waals surface area contributed by atoms with Gasteiger partial charge in [-0.15, -0.1) is 11.3 Å². The first kappa shape index (κ1) is 32.1. The van der Waals surface area contributed by atoms with E-state index in [1.165, 1.54) is 18.4 Å². The Kier molecular flexibility index (Phi) is 10.2. The van der Waals surface area contributed by atoms with E-state index >= 15 is 0 Å². The molecule has 11 heteroatoms. The van der Waals surface area contributed by atoms with Crippen molar-refractivity contribution in [2.24, 2.45) is 17.8 Å². The van der Waals surface area contributed by atoms with Crippen molar-refractivity contribution >= 4 is 52.2 Å². The Balaban J connectivity index is 1.09. The lowest BCUT2D eigenvalue weighted by Crippen LogP contribution is -2.50. The summed E-state index contributed by atoms with van der Waals surface area (Å²) in [6.45, 7) is 7.49. The summed E-state index contributed by atoms with van der Waals surface area (Å²) < 4.78 is 0. The van der Waals surface area contributed by atoms with Crippen LogP contribution in [0.5, 0.6) is 0 Å². The van der Waals surface area contributed by atoms with E-state index in [1.807, 2.05) is 39.1 Å². The zero-order valence-corrected chi connectivity index (χ0v) is 27.9. The fraction of sp³-hybridized carbons (Fsp3) is 0.618. The number of piperidine rings is 3. The maximum atomic E-state index is 14.1. The second-order valence-electron chi connectivity index (χ2n) is 13.5. The molecule has 4 N–H and O–H groups in total. The van der Waals surface area contributed by atoms with Gasteiger partial charge in [-0.25, -0.2) is 4.79 Å². The molecule has 6 rings (SSSR count). The summed E-state index contributed by atoms with van der Waals surface area (Å²) in [7, 11) is 0. The first-order valence-electron chi connectivity index (χ1n) is 16.7. The number of anilines is 2. The molecule has 0 unspecified atom stereocenters. The van der Waals surface area contributed by atoms with E-state index in [4.69, 9.17) is 17.3 Å². The third kappa shape index (κ3) is 7.44. The fourth-order valence-electron chi connectivity index (χ4n) is 7.91. The number of hydrogen-bond donors (Lipinski definition) is 3. The predicted molar refractivity (Wildman–Crippen MR) is 181 cm³/mol. The topological polar surface area (TPSA) is 111 Å². The number of rotatable bonds is 7. The fourth-order valence-corrected chi connectivity index (χ4v) is 9.02. The largest absolute Gasteiger partial charge is 0.397 e. The number of nitrogens with one attached hydrogen (secondary N) is 2. The van der Waals surface area contributed by atoms with Crippen LogP contribution in [0.1, 0.15) is 61.6 Å². The lowest BCUT2D eigenvalue weighted by molar-refractivity contribution is -0.143. The Morgan fingerprint density at radius 3 is 2.38 bits per heavy atom. The van der Waals surface area contributed by atoms with Crippen LogP contribution in [0.3, 0.4) is 0 Å². The molecule has 4 aliphatic heterocycles. The molecule has 0 bridgehead atoms. The number of nitrogens with zero attached hydrogens (tertiary/aromatic N) is 3. The van der Waals surface area contributed by atoms with Crippen LogP contribution in [0.25, 0.3) is 0 Å². The van der Waals surface area contributed by atoms with Crippen LogP contribution in [-0.2, 0) is 22.4 Å². The van der Waals surface area contributed by atoms with E-state index < -0.39 is 5.92 Å². The van der Waals surface area contributed by atoms with E-state index in [1.54, 1.807) is 11.3 Å². The molecule has 1 atom stereocenters. The molecule has 3 saturated heterocycles. The van der Waals surface area contributed by atoms with Crippen molar-refractivity contribution in [3.8, 4) is 0 Å². The lowest BCUT2D eigenvalue weighted by atomic mass is 9.79. The third-order valence-corrected chi connectivity index (χ3v) is 11.8. The van der Waals surface area contributed by atoms with Crippen LogP contribution in [0.4, 0.5) is 16.2 Å². The number of halogens is 1. The van der Waals surface area contributed by atoms with Crippen molar-refractivity contribution in [3.05, 3.63) is 44.6 Å². The van der Waals surface area contributed by atoms with Gasteiger partial charge in [-0.1, -0.05) is 17.7 Å². The molecule has 5 heterocycles. The van der Waals surface area contributed by atoms with Crippen LogP contribution < -0.4 is 16.4 Å². The Hall–Kier alpha value is -2.82. The number of likely N-dealkylation sites (tertiary alicyclic amines) is 2. The van der Waals surface area contributed by atoms with Crippen LogP contribution in [0, 0.1) is 24.7 Å². The Morgan fingerprint density at radius 1 is 0.978 bits per heavy atom. The summed E-state index contributed by atoms with van der Waals surface area (Å²) in [5.74, 6) is 1.05. The average Bonchev–Trinajstić information content (AvgIpc) is 3.43. The summed E-state index contributed by atoms with van der Waals surface area (Å²) in [6.07, 6.45) is 7.46. The normalized spacial score (nSPS) is 21.3. The second kappa shape index (κ2) is 14.3. The first-order valence-corrected chi connectivity index (χ1v) is 18.0. The van der Waals surface area contributed by atoms with E-state index in [-0.39, 0.29) is 30.3 Å². The van der Waals surface area contributed by atoms with Crippen molar-refractivity contribution in [2.75, 3.05) is 56.9 Å². The van der Waals surface area contributed by atoms with Gasteiger partial charge in [0.25, 0.3) is 0 Å². The van der Waals surface area contributed by atoms with Gasteiger partial charge >= 0.3 is 6.03 Å². The van der Waals surface area contributed by atoms with Crippen LogP contribution >= 0.6 is 22.9 Å². The highest BCUT2D eigenvalue weighted by Crippen LogP contribution is 2.33. The molecule has 4 aliphatic rings. The monoisotopic (exact) mass is 654 g/mol. The number of carbonyl (C=O) groups is 3. The van der Waals surface area contributed by atoms with Gasteiger partial charge in [-0.3, -0.25) is 9.59 Å². The summed E-state index contributed by atoms with van der Waals surface area (Å²) in [5, 5.41) is 11.1. The zero-order valence-electron chi connectivity index (χ0n) is 26.4. The van der Waals surface area contributed by atoms with Crippen LogP contribution in [0.15, 0.2) is 22.9 Å². The number of hydrogen-bond acceptors (Lipinski definition) is 6. The molecular weight excluding hydrogens is 608 g/mol. The number of nitrogen functional groups attached to an aromatic ring is 1. The lowest BCUT2D eigenvalue weighted by Gasteiger charge is -2.40. The van der Waals surface area contributed by atoms with Crippen LogP contribution in [-0.4, -0.2) is 84.4 Å². The predicted octanol–water partition coefficient (Wildman–Crippen LogP) is 5.16. The molecule has 2 aromatic rings. The smallest absolute Gasteiger partial charge is 0.322 e. The Labute approximate surface area is 275 Å². The number of nitrogens with two attached hydrogens (primary N) is 1. The zero-order chi connectivity index (χ0) is 31.5. The Morgan fingerprint density at radius 2 is 1.67 bits per heavy atom. The molecule has 45 heavy (non-hydrogen) atoms. The number of thiophene rings is 1. The second-order valence-corrected chi connectivity index (χ2v) is 14.6. The van der Waals surface area contributed by atoms with Gasteiger partial charge in [-0.05, 0) is 111 Å². The summed E-state index contributed by atoms with van der Waals surface area (Å²) in [5.41, 5.74) is 10.6. The van der Waals surface area contributed by atoms with Gasteiger partial charge in [0, 0.05) is 50.6 Å². The number of urea groups is 1. The minimum Gasteiger partial charge on any atom is -0.397 e. The minimum atomic E-state index is -0.458. The molecule has 1 aromatic heterocycles. The molecular formula is C34H47ClN6O3S. The van der Waals surface area contributed by atoms with Crippen molar-refractivity contribution in [1.82, 2.24) is 20.0 Å². The Bertz CT molecular complexity index is 1350. The molecule has 0 spiro atoms. The van der Waals surface area contributed by atoms with Crippen molar-refractivity contribution in [1.29, 1.82) is 0 Å². The molecule has 4 amide bonds. The third-order valence-electron chi connectivity index (χ3n) is 10.7. The van der Waals surface area contributed by atoms with Crippen molar-refractivity contribution < 1.29 is 14.4 Å². The summed E-state index contributed by atoms with van der Waals surface area (Å²) >= 11 is 8.05. The van der Waals surface area contributed by atoms with E-state index in [0.717, 1.165) is 81.0 Å². The minimum absolute atomic E-state index is 0.0110. The van der Waals surface area contributed by atoms with Crippen molar-refractivity contribution in [2.45, 2.75) is 70.8 Å².